The van der Waals surface area contributed by atoms with E-state index in [1.165, 1.54) is 12.1 Å². The lowest BCUT2D eigenvalue weighted by atomic mass is 9.99. The molecular weight excluding hydrogens is 279 g/mol. The molecule has 0 aliphatic carbocycles. The molecular formula is C15H22ClFN2O. The Bertz CT molecular complexity index is 455. The van der Waals surface area contributed by atoms with Crippen LogP contribution in [0.3, 0.4) is 0 Å². The van der Waals surface area contributed by atoms with Crippen molar-refractivity contribution in [1.29, 1.82) is 0 Å². The zero-order valence-electron chi connectivity index (χ0n) is 12.2. The molecule has 1 N–H and O–H groups in total. The molecule has 0 spiro atoms. The van der Waals surface area contributed by atoms with Crippen molar-refractivity contribution in [3.05, 3.63) is 34.6 Å². The largest absolute Gasteiger partial charge is 0.374 e. The number of hydrogen-bond acceptors (Lipinski definition) is 3. The molecule has 0 aromatic heterocycles. The van der Waals surface area contributed by atoms with Gasteiger partial charge in [-0.15, -0.1) is 0 Å². The molecule has 0 radical (unpaired) electrons. The van der Waals surface area contributed by atoms with Crippen molar-refractivity contribution in [2.45, 2.75) is 32.0 Å². The first-order valence-corrected chi connectivity index (χ1v) is 7.38. The highest BCUT2D eigenvalue weighted by Gasteiger charge is 2.30. The van der Waals surface area contributed by atoms with Gasteiger partial charge in [0, 0.05) is 24.2 Å². The number of hydrogen-bond donors (Lipinski definition) is 1. The summed E-state index contributed by atoms with van der Waals surface area (Å²) in [6.07, 6.45) is -0.0320. The SMILES string of the molecule is CNC(c1cc(F)ccc1Cl)C1CN(C(C)C)CCO1. The molecule has 1 aromatic carbocycles. The van der Waals surface area contributed by atoms with Gasteiger partial charge in [0.1, 0.15) is 5.82 Å². The first-order valence-electron chi connectivity index (χ1n) is 7.00. The average Bonchev–Trinajstić information content (AvgIpc) is 2.44. The van der Waals surface area contributed by atoms with E-state index in [1.54, 1.807) is 6.07 Å². The standard InChI is InChI=1S/C15H22ClFN2O/c1-10(2)19-6-7-20-14(9-19)15(18-3)12-8-11(17)4-5-13(12)16/h4-5,8,10,14-15,18H,6-7,9H2,1-3H3. The molecule has 3 nitrogen and oxygen atoms in total. The van der Waals surface area contributed by atoms with E-state index >= 15 is 0 Å². The summed E-state index contributed by atoms with van der Waals surface area (Å²) < 4.78 is 19.4. The van der Waals surface area contributed by atoms with E-state index in [1.807, 2.05) is 7.05 Å². The third kappa shape index (κ3) is 3.50. The quantitative estimate of drug-likeness (QED) is 0.925. The number of nitrogens with one attached hydrogen (secondary N) is 1. The van der Waals surface area contributed by atoms with Crippen LogP contribution in [0.25, 0.3) is 0 Å². The van der Waals surface area contributed by atoms with E-state index in [2.05, 4.69) is 24.1 Å². The van der Waals surface area contributed by atoms with Gasteiger partial charge in [0.15, 0.2) is 0 Å². The van der Waals surface area contributed by atoms with Crippen LogP contribution in [0.4, 0.5) is 4.39 Å². The predicted octanol–water partition coefficient (Wildman–Crippen LogP) is 2.85. The summed E-state index contributed by atoms with van der Waals surface area (Å²) in [6.45, 7) is 6.78. The van der Waals surface area contributed by atoms with Crippen LogP contribution in [0.5, 0.6) is 0 Å². The lowest BCUT2D eigenvalue weighted by Crippen LogP contribution is -2.50. The lowest BCUT2D eigenvalue weighted by Gasteiger charge is -2.39. The van der Waals surface area contributed by atoms with Crippen LogP contribution in [0.1, 0.15) is 25.5 Å². The third-order valence-electron chi connectivity index (χ3n) is 3.83. The Balaban J connectivity index is 2.21. The topological polar surface area (TPSA) is 24.5 Å². The van der Waals surface area contributed by atoms with Gasteiger partial charge in [0.2, 0.25) is 0 Å². The van der Waals surface area contributed by atoms with Crippen LogP contribution in [0, 0.1) is 5.82 Å². The van der Waals surface area contributed by atoms with Crippen LogP contribution >= 0.6 is 11.6 Å². The van der Waals surface area contributed by atoms with E-state index in [0.717, 1.165) is 18.7 Å². The van der Waals surface area contributed by atoms with Crippen molar-refractivity contribution in [3.63, 3.8) is 0 Å². The van der Waals surface area contributed by atoms with E-state index in [-0.39, 0.29) is 18.0 Å². The summed E-state index contributed by atoms with van der Waals surface area (Å²) in [5.41, 5.74) is 0.754. The fourth-order valence-corrected chi connectivity index (χ4v) is 2.90. The normalized spacial score (nSPS) is 22.2. The van der Waals surface area contributed by atoms with Gasteiger partial charge in [-0.2, -0.15) is 0 Å². The average molecular weight is 301 g/mol. The molecule has 1 aliphatic heterocycles. The molecule has 0 amide bonds. The number of ether oxygens (including phenoxy) is 1. The van der Waals surface area contributed by atoms with Gasteiger partial charge < -0.3 is 10.1 Å². The lowest BCUT2D eigenvalue weighted by molar-refractivity contribution is -0.0550. The highest BCUT2D eigenvalue weighted by atomic mass is 35.5. The molecule has 2 rings (SSSR count). The Labute approximate surface area is 125 Å². The Morgan fingerprint density at radius 2 is 2.20 bits per heavy atom. The zero-order chi connectivity index (χ0) is 14.7. The second-order valence-electron chi connectivity index (χ2n) is 5.43. The maximum Gasteiger partial charge on any atom is 0.123 e. The minimum Gasteiger partial charge on any atom is -0.374 e. The van der Waals surface area contributed by atoms with Crippen LogP contribution in [-0.4, -0.2) is 43.8 Å². The summed E-state index contributed by atoms with van der Waals surface area (Å²) in [7, 11) is 1.85. The minimum atomic E-state index is -0.277. The second kappa shape index (κ2) is 6.85. The smallest absolute Gasteiger partial charge is 0.123 e. The van der Waals surface area contributed by atoms with Crippen LogP contribution < -0.4 is 5.32 Å². The summed E-state index contributed by atoms with van der Waals surface area (Å²) >= 11 is 6.21. The predicted molar refractivity (Wildman–Crippen MR) is 79.7 cm³/mol. The molecule has 0 saturated carbocycles. The molecule has 1 aliphatic rings. The maximum absolute atomic E-state index is 13.5. The van der Waals surface area contributed by atoms with Crippen LogP contribution in [-0.2, 0) is 4.74 Å². The summed E-state index contributed by atoms with van der Waals surface area (Å²) in [5, 5.41) is 3.78. The van der Waals surface area contributed by atoms with E-state index in [0.29, 0.717) is 17.7 Å². The van der Waals surface area contributed by atoms with Gasteiger partial charge in [-0.25, -0.2) is 4.39 Å². The molecule has 1 fully saturated rings. The second-order valence-corrected chi connectivity index (χ2v) is 5.84. The number of morpholine rings is 1. The Morgan fingerprint density at radius 3 is 2.85 bits per heavy atom. The summed E-state index contributed by atoms with van der Waals surface area (Å²) in [5.74, 6) is -0.277. The van der Waals surface area contributed by atoms with Gasteiger partial charge in [-0.1, -0.05) is 11.6 Å². The number of nitrogens with zero attached hydrogens (tertiary/aromatic N) is 1. The third-order valence-corrected chi connectivity index (χ3v) is 4.18. The van der Waals surface area contributed by atoms with Crippen molar-refractivity contribution in [2.24, 2.45) is 0 Å². The Hall–Kier alpha value is -0.680. The van der Waals surface area contributed by atoms with Crippen molar-refractivity contribution in [2.75, 3.05) is 26.7 Å². The molecule has 1 saturated heterocycles. The maximum atomic E-state index is 13.5. The van der Waals surface area contributed by atoms with Gasteiger partial charge in [-0.3, -0.25) is 4.90 Å². The molecule has 5 heteroatoms. The van der Waals surface area contributed by atoms with Crippen molar-refractivity contribution >= 4 is 11.6 Å². The van der Waals surface area contributed by atoms with Gasteiger partial charge >= 0.3 is 0 Å². The van der Waals surface area contributed by atoms with E-state index in [4.69, 9.17) is 16.3 Å². The van der Waals surface area contributed by atoms with E-state index < -0.39 is 0 Å². The van der Waals surface area contributed by atoms with Gasteiger partial charge in [0.05, 0.1) is 18.8 Å². The van der Waals surface area contributed by atoms with Gasteiger partial charge in [-0.05, 0) is 44.7 Å². The molecule has 1 heterocycles. The molecule has 112 valence electrons. The number of halogens is 2. The van der Waals surface area contributed by atoms with Crippen molar-refractivity contribution in [3.8, 4) is 0 Å². The number of benzene rings is 1. The molecule has 1 aromatic rings. The monoisotopic (exact) mass is 300 g/mol. The Morgan fingerprint density at radius 1 is 1.45 bits per heavy atom. The first kappa shape index (κ1) is 15.7. The fourth-order valence-electron chi connectivity index (χ4n) is 2.66. The molecule has 0 bridgehead atoms. The molecule has 2 unspecified atom stereocenters. The molecule has 20 heavy (non-hydrogen) atoms. The summed E-state index contributed by atoms with van der Waals surface area (Å²) in [6, 6.07) is 4.82. The fraction of sp³-hybridized carbons (Fsp3) is 0.600. The summed E-state index contributed by atoms with van der Waals surface area (Å²) in [4.78, 5) is 2.37. The van der Waals surface area contributed by atoms with Crippen LogP contribution in [0.2, 0.25) is 5.02 Å². The molecule has 2 atom stereocenters. The van der Waals surface area contributed by atoms with Crippen molar-refractivity contribution in [1.82, 2.24) is 10.2 Å². The zero-order valence-corrected chi connectivity index (χ0v) is 13.0. The van der Waals surface area contributed by atoms with Gasteiger partial charge in [0.25, 0.3) is 0 Å². The van der Waals surface area contributed by atoms with Crippen LogP contribution in [0.15, 0.2) is 18.2 Å². The highest BCUT2D eigenvalue weighted by molar-refractivity contribution is 6.31. The van der Waals surface area contributed by atoms with Crippen molar-refractivity contribution < 1.29 is 9.13 Å². The van der Waals surface area contributed by atoms with E-state index in [9.17, 15) is 4.39 Å². The Kier molecular flexibility index (Phi) is 5.38. The number of likely N-dealkylation sites (N-methyl/N-ethyl adjacent to an activating group) is 1. The number of rotatable bonds is 4. The first-order chi connectivity index (χ1) is 9.52. The minimum absolute atomic E-state index is 0.0320. The highest BCUT2D eigenvalue weighted by Crippen LogP contribution is 2.29.